The molecule has 1 saturated heterocycles. The SMILES string of the molecule is O=C(CCC(=O)c1cccc(Cl)c1)NCC1CN(c2ccccc2)C(=O)O1. The molecule has 1 atom stereocenters. The van der Waals surface area contributed by atoms with Gasteiger partial charge in [-0.25, -0.2) is 4.79 Å². The van der Waals surface area contributed by atoms with Gasteiger partial charge in [0.15, 0.2) is 5.78 Å². The zero-order valence-corrected chi connectivity index (χ0v) is 15.3. The van der Waals surface area contributed by atoms with Crippen LogP contribution in [-0.4, -0.2) is 37.0 Å². The molecule has 0 saturated carbocycles. The number of Topliss-reactive ketones (excluding diaryl/α,β-unsaturated/α-hetero) is 1. The van der Waals surface area contributed by atoms with Gasteiger partial charge < -0.3 is 10.1 Å². The molecule has 1 N–H and O–H groups in total. The Morgan fingerprint density at radius 2 is 1.89 bits per heavy atom. The third kappa shape index (κ3) is 5.08. The number of ketones is 1. The van der Waals surface area contributed by atoms with E-state index in [0.717, 1.165) is 5.69 Å². The van der Waals surface area contributed by atoms with Gasteiger partial charge in [-0.15, -0.1) is 0 Å². The molecule has 2 amide bonds. The zero-order chi connectivity index (χ0) is 19.2. The average molecular weight is 387 g/mol. The number of para-hydroxylation sites is 1. The first-order chi connectivity index (χ1) is 13.0. The highest BCUT2D eigenvalue weighted by Crippen LogP contribution is 2.20. The minimum absolute atomic E-state index is 0.0639. The second-order valence-corrected chi connectivity index (χ2v) is 6.63. The largest absolute Gasteiger partial charge is 0.442 e. The lowest BCUT2D eigenvalue weighted by molar-refractivity contribution is -0.121. The second-order valence-electron chi connectivity index (χ2n) is 6.19. The molecule has 1 unspecified atom stereocenters. The molecule has 0 bridgehead atoms. The van der Waals surface area contributed by atoms with Crippen molar-refractivity contribution in [3.05, 3.63) is 65.2 Å². The van der Waals surface area contributed by atoms with Crippen LogP contribution in [0.4, 0.5) is 10.5 Å². The summed E-state index contributed by atoms with van der Waals surface area (Å²) in [6, 6.07) is 15.8. The summed E-state index contributed by atoms with van der Waals surface area (Å²) >= 11 is 5.86. The highest BCUT2D eigenvalue weighted by atomic mass is 35.5. The van der Waals surface area contributed by atoms with Crippen LogP contribution < -0.4 is 10.2 Å². The van der Waals surface area contributed by atoms with E-state index in [-0.39, 0.29) is 31.1 Å². The second kappa shape index (κ2) is 8.68. The standard InChI is InChI=1S/C20H19ClN2O4/c21-15-6-4-5-14(11-15)18(24)9-10-19(25)22-12-17-13-23(20(26)27-17)16-7-2-1-3-8-16/h1-8,11,17H,9-10,12-13H2,(H,22,25). The summed E-state index contributed by atoms with van der Waals surface area (Å²) in [7, 11) is 0. The maximum atomic E-state index is 12.1. The van der Waals surface area contributed by atoms with E-state index in [4.69, 9.17) is 16.3 Å². The van der Waals surface area contributed by atoms with Crippen LogP contribution in [0.15, 0.2) is 54.6 Å². The molecule has 7 heteroatoms. The zero-order valence-electron chi connectivity index (χ0n) is 14.6. The van der Waals surface area contributed by atoms with E-state index in [1.54, 1.807) is 24.3 Å². The minimum Gasteiger partial charge on any atom is -0.442 e. The van der Waals surface area contributed by atoms with E-state index < -0.39 is 12.2 Å². The summed E-state index contributed by atoms with van der Waals surface area (Å²) < 4.78 is 5.28. The quantitative estimate of drug-likeness (QED) is 0.739. The fourth-order valence-electron chi connectivity index (χ4n) is 2.80. The first kappa shape index (κ1) is 18.9. The third-order valence-electron chi connectivity index (χ3n) is 4.19. The van der Waals surface area contributed by atoms with Gasteiger partial charge in [0.1, 0.15) is 6.10 Å². The molecule has 1 fully saturated rings. The van der Waals surface area contributed by atoms with Crippen molar-refractivity contribution in [2.45, 2.75) is 18.9 Å². The van der Waals surface area contributed by atoms with Crippen LogP contribution in [0.1, 0.15) is 23.2 Å². The van der Waals surface area contributed by atoms with Gasteiger partial charge in [-0.05, 0) is 24.3 Å². The van der Waals surface area contributed by atoms with Gasteiger partial charge >= 0.3 is 6.09 Å². The Balaban J connectivity index is 1.43. The van der Waals surface area contributed by atoms with Crippen LogP contribution in [0, 0.1) is 0 Å². The molecule has 2 aromatic carbocycles. The van der Waals surface area contributed by atoms with E-state index in [1.165, 1.54) is 4.90 Å². The van der Waals surface area contributed by atoms with Crippen LogP contribution in [0.25, 0.3) is 0 Å². The summed E-state index contributed by atoms with van der Waals surface area (Å²) in [5, 5.41) is 3.20. The monoisotopic (exact) mass is 386 g/mol. The van der Waals surface area contributed by atoms with Gasteiger partial charge in [-0.2, -0.15) is 0 Å². The van der Waals surface area contributed by atoms with E-state index in [0.29, 0.717) is 17.1 Å². The molecule has 140 valence electrons. The van der Waals surface area contributed by atoms with Crippen LogP contribution >= 0.6 is 11.6 Å². The predicted octanol–water partition coefficient (Wildman–Crippen LogP) is 3.44. The average Bonchev–Trinajstić information content (AvgIpc) is 3.06. The first-order valence-electron chi connectivity index (χ1n) is 8.61. The lowest BCUT2D eigenvalue weighted by atomic mass is 10.1. The Kier molecular flexibility index (Phi) is 6.08. The Morgan fingerprint density at radius 1 is 1.11 bits per heavy atom. The number of carbonyl (C=O) groups excluding carboxylic acids is 3. The molecule has 27 heavy (non-hydrogen) atoms. The molecule has 0 aliphatic carbocycles. The number of benzene rings is 2. The molecule has 2 aromatic rings. The van der Waals surface area contributed by atoms with Crippen molar-refractivity contribution in [2.75, 3.05) is 18.0 Å². The lowest BCUT2D eigenvalue weighted by Gasteiger charge is -2.12. The number of ether oxygens (including phenoxy) is 1. The third-order valence-corrected chi connectivity index (χ3v) is 4.43. The van der Waals surface area contributed by atoms with Gasteiger partial charge in [0.25, 0.3) is 0 Å². The van der Waals surface area contributed by atoms with Crippen molar-refractivity contribution in [2.24, 2.45) is 0 Å². The predicted molar refractivity (Wildman–Crippen MR) is 102 cm³/mol. The number of amides is 2. The summed E-state index contributed by atoms with van der Waals surface area (Å²) in [6.45, 7) is 0.573. The van der Waals surface area contributed by atoms with Gasteiger partial charge in [0.05, 0.1) is 13.1 Å². The van der Waals surface area contributed by atoms with Crippen LogP contribution in [0.2, 0.25) is 5.02 Å². The van der Waals surface area contributed by atoms with E-state index in [9.17, 15) is 14.4 Å². The number of halogens is 1. The summed E-state index contributed by atoms with van der Waals surface area (Å²) in [6.07, 6.45) is -0.705. The number of hydrogen-bond acceptors (Lipinski definition) is 4. The molecule has 0 radical (unpaired) electrons. The molecule has 1 aliphatic heterocycles. The number of cyclic esters (lactones) is 1. The van der Waals surface area contributed by atoms with Crippen molar-refractivity contribution in [1.82, 2.24) is 5.32 Å². The fraction of sp³-hybridized carbons (Fsp3) is 0.250. The van der Waals surface area contributed by atoms with Crippen molar-refractivity contribution in [3.8, 4) is 0 Å². The normalized spacial score (nSPS) is 16.1. The van der Waals surface area contributed by atoms with Crippen LogP contribution in [0.5, 0.6) is 0 Å². The molecule has 3 rings (SSSR count). The molecule has 6 nitrogen and oxygen atoms in total. The molecular weight excluding hydrogens is 368 g/mol. The molecule has 0 spiro atoms. The van der Waals surface area contributed by atoms with Crippen molar-refractivity contribution in [3.63, 3.8) is 0 Å². The molecular formula is C20H19ClN2O4. The van der Waals surface area contributed by atoms with Gasteiger partial charge in [-0.1, -0.05) is 41.9 Å². The smallest absolute Gasteiger partial charge is 0.414 e. The van der Waals surface area contributed by atoms with E-state index in [1.807, 2.05) is 30.3 Å². The van der Waals surface area contributed by atoms with E-state index >= 15 is 0 Å². The topological polar surface area (TPSA) is 75.7 Å². The fourth-order valence-corrected chi connectivity index (χ4v) is 2.99. The molecule has 1 heterocycles. The minimum atomic E-state index is -0.434. The lowest BCUT2D eigenvalue weighted by Crippen LogP contribution is -2.34. The molecule has 1 aliphatic rings. The number of anilines is 1. The van der Waals surface area contributed by atoms with Crippen molar-refractivity contribution < 1.29 is 19.1 Å². The highest BCUT2D eigenvalue weighted by Gasteiger charge is 2.32. The molecule has 0 aromatic heterocycles. The highest BCUT2D eigenvalue weighted by molar-refractivity contribution is 6.31. The van der Waals surface area contributed by atoms with E-state index in [2.05, 4.69) is 5.32 Å². The summed E-state index contributed by atoms with van der Waals surface area (Å²) in [4.78, 5) is 37.6. The van der Waals surface area contributed by atoms with Gasteiger partial charge in [0.2, 0.25) is 5.91 Å². The number of nitrogens with zero attached hydrogens (tertiary/aromatic N) is 1. The van der Waals surface area contributed by atoms with Crippen LogP contribution in [0.3, 0.4) is 0 Å². The van der Waals surface area contributed by atoms with Gasteiger partial charge in [0, 0.05) is 29.1 Å². The Labute approximate surface area is 162 Å². The maximum Gasteiger partial charge on any atom is 0.414 e. The number of hydrogen-bond donors (Lipinski definition) is 1. The maximum absolute atomic E-state index is 12.1. The number of carbonyl (C=O) groups is 3. The van der Waals surface area contributed by atoms with Crippen LogP contribution in [-0.2, 0) is 9.53 Å². The van der Waals surface area contributed by atoms with Crippen molar-refractivity contribution >= 4 is 35.1 Å². The van der Waals surface area contributed by atoms with Crippen molar-refractivity contribution in [1.29, 1.82) is 0 Å². The Hall–Kier alpha value is -2.86. The number of nitrogens with one attached hydrogen (secondary N) is 1. The number of rotatable bonds is 7. The Morgan fingerprint density at radius 3 is 2.63 bits per heavy atom. The summed E-state index contributed by atoms with van der Waals surface area (Å²) in [5.41, 5.74) is 1.24. The first-order valence-corrected chi connectivity index (χ1v) is 8.99. The Bertz CT molecular complexity index is 841. The van der Waals surface area contributed by atoms with Gasteiger partial charge in [-0.3, -0.25) is 14.5 Å². The summed E-state index contributed by atoms with van der Waals surface area (Å²) in [5.74, 6) is -0.408.